The summed E-state index contributed by atoms with van der Waals surface area (Å²) in [5.74, 6) is 1.70. The van der Waals surface area contributed by atoms with Gasteiger partial charge in [-0.25, -0.2) is 4.99 Å². The van der Waals surface area contributed by atoms with Crippen molar-refractivity contribution in [3.8, 4) is 5.75 Å². The van der Waals surface area contributed by atoms with Crippen molar-refractivity contribution in [1.82, 2.24) is 15.6 Å². The third-order valence-electron chi connectivity index (χ3n) is 3.37. The van der Waals surface area contributed by atoms with Crippen molar-refractivity contribution in [2.45, 2.75) is 26.8 Å². The number of aromatic nitrogens is 1. The first-order valence-electron chi connectivity index (χ1n) is 8.45. The summed E-state index contributed by atoms with van der Waals surface area (Å²) >= 11 is 0. The Labute approximate surface area is 167 Å². The van der Waals surface area contributed by atoms with Crippen LogP contribution in [0.5, 0.6) is 5.75 Å². The Morgan fingerprint density at radius 3 is 2.72 bits per heavy atom. The SMILES string of the molecule is CCNC(=NCc1cccc(OCC)c1)NCCc1ccccn1.I. The highest BCUT2D eigenvalue weighted by Crippen LogP contribution is 2.13. The molecule has 0 saturated carbocycles. The van der Waals surface area contributed by atoms with Crippen molar-refractivity contribution >= 4 is 29.9 Å². The number of rotatable bonds is 8. The number of hydrogen-bond donors (Lipinski definition) is 2. The first-order valence-corrected chi connectivity index (χ1v) is 8.45. The highest BCUT2D eigenvalue weighted by molar-refractivity contribution is 14.0. The predicted octanol–water partition coefficient (Wildman–Crippen LogP) is 3.40. The lowest BCUT2D eigenvalue weighted by molar-refractivity contribution is 0.340. The molecule has 0 saturated heterocycles. The minimum Gasteiger partial charge on any atom is -0.494 e. The van der Waals surface area contributed by atoms with Gasteiger partial charge in [-0.3, -0.25) is 4.98 Å². The molecule has 2 N–H and O–H groups in total. The molecular weight excluding hydrogens is 427 g/mol. The predicted molar refractivity (Wildman–Crippen MR) is 114 cm³/mol. The Hall–Kier alpha value is -1.83. The molecule has 0 bridgehead atoms. The number of nitrogens with one attached hydrogen (secondary N) is 2. The van der Waals surface area contributed by atoms with Crippen LogP contribution in [-0.2, 0) is 13.0 Å². The number of hydrogen-bond acceptors (Lipinski definition) is 3. The van der Waals surface area contributed by atoms with E-state index in [-0.39, 0.29) is 24.0 Å². The van der Waals surface area contributed by atoms with Gasteiger partial charge in [-0.05, 0) is 43.7 Å². The first-order chi connectivity index (χ1) is 11.8. The molecule has 1 heterocycles. The number of halogens is 1. The van der Waals surface area contributed by atoms with Crippen molar-refractivity contribution in [2.75, 3.05) is 19.7 Å². The van der Waals surface area contributed by atoms with Gasteiger partial charge in [0.25, 0.3) is 0 Å². The summed E-state index contributed by atoms with van der Waals surface area (Å²) in [6.45, 7) is 6.95. The van der Waals surface area contributed by atoms with Crippen molar-refractivity contribution in [1.29, 1.82) is 0 Å². The summed E-state index contributed by atoms with van der Waals surface area (Å²) in [6, 6.07) is 14.0. The Balaban J connectivity index is 0.00000312. The molecule has 0 aliphatic rings. The summed E-state index contributed by atoms with van der Waals surface area (Å²) in [4.78, 5) is 8.96. The maximum Gasteiger partial charge on any atom is 0.191 e. The average molecular weight is 454 g/mol. The van der Waals surface area contributed by atoms with E-state index in [9.17, 15) is 0 Å². The largest absolute Gasteiger partial charge is 0.494 e. The van der Waals surface area contributed by atoms with Gasteiger partial charge in [0.05, 0.1) is 13.2 Å². The molecule has 1 aromatic carbocycles. The third kappa shape index (κ3) is 8.20. The summed E-state index contributed by atoms with van der Waals surface area (Å²) < 4.78 is 5.53. The van der Waals surface area contributed by atoms with Crippen LogP contribution in [0.25, 0.3) is 0 Å². The Morgan fingerprint density at radius 2 is 2.00 bits per heavy atom. The minimum atomic E-state index is 0. The molecule has 0 radical (unpaired) electrons. The minimum absolute atomic E-state index is 0. The second kappa shape index (κ2) is 12.5. The van der Waals surface area contributed by atoms with E-state index in [0.717, 1.165) is 42.5 Å². The lowest BCUT2D eigenvalue weighted by atomic mass is 10.2. The number of guanidine groups is 1. The van der Waals surface area contributed by atoms with E-state index in [4.69, 9.17) is 4.74 Å². The van der Waals surface area contributed by atoms with E-state index < -0.39 is 0 Å². The normalized spacial score (nSPS) is 10.7. The van der Waals surface area contributed by atoms with E-state index >= 15 is 0 Å². The van der Waals surface area contributed by atoms with Crippen molar-refractivity contribution < 1.29 is 4.74 Å². The van der Waals surface area contributed by atoms with Crippen molar-refractivity contribution in [3.05, 3.63) is 59.9 Å². The molecule has 6 heteroatoms. The second-order valence-electron chi connectivity index (χ2n) is 5.27. The zero-order valence-corrected chi connectivity index (χ0v) is 17.2. The smallest absolute Gasteiger partial charge is 0.191 e. The standard InChI is InChI=1S/C19H26N4O.HI/c1-3-20-19(22-13-11-17-9-5-6-12-21-17)23-15-16-8-7-10-18(14-16)24-4-2;/h5-10,12,14H,3-4,11,13,15H2,1-2H3,(H2,20,22,23);1H. The van der Waals surface area contributed by atoms with Crippen LogP contribution in [0.2, 0.25) is 0 Å². The van der Waals surface area contributed by atoms with E-state index in [1.54, 1.807) is 0 Å². The molecule has 0 unspecified atom stereocenters. The number of nitrogens with zero attached hydrogens (tertiary/aromatic N) is 2. The molecule has 0 aliphatic carbocycles. The van der Waals surface area contributed by atoms with Gasteiger partial charge in [0.2, 0.25) is 0 Å². The molecule has 0 spiro atoms. The fourth-order valence-electron chi connectivity index (χ4n) is 2.27. The monoisotopic (exact) mass is 454 g/mol. The Bertz CT molecular complexity index is 634. The molecule has 0 atom stereocenters. The molecule has 0 fully saturated rings. The molecule has 0 aliphatic heterocycles. The Kier molecular flexibility index (Phi) is 10.6. The summed E-state index contributed by atoms with van der Waals surface area (Å²) in [5.41, 5.74) is 2.20. The molecule has 136 valence electrons. The van der Waals surface area contributed by atoms with Crippen LogP contribution in [0.1, 0.15) is 25.1 Å². The van der Waals surface area contributed by atoms with E-state index in [2.05, 4.69) is 33.6 Å². The van der Waals surface area contributed by atoms with Gasteiger partial charge in [0, 0.05) is 31.4 Å². The van der Waals surface area contributed by atoms with Gasteiger partial charge in [0.15, 0.2) is 5.96 Å². The van der Waals surface area contributed by atoms with Crippen molar-refractivity contribution in [3.63, 3.8) is 0 Å². The summed E-state index contributed by atoms with van der Waals surface area (Å²) in [7, 11) is 0. The van der Waals surface area contributed by atoms with Crippen LogP contribution in [0, 0.1) is 0 Å². The van der Waals surface area contributed by atoms with Crippen LogP contribution in [0.15, 0.2) is 53.7 Å². The molecule has 0 amide bonds. The average Bonchev–Trinajstić information content (AvgIpc) is 2.61. The van der Waals surface area contributed by atoms with Crippen LogP contribution in [0.3, 0.4) is 0 Å². The quantitative estimate of drug-likeness (QED) is 0.365. The second-order valence-corrected chi connectivity index (χ2v) is 5.27. The zero-order valence-electron chi connectivity index (χ0n) is 14.9. The van der Waals surface area contributed by atoms with Crippen LogP contribution >= 0.6 is 24.0 Å². The van der Waals surface area contributed by atoms with Crippen LogP contribution in [-0.4, -0.2) is 30.6 Å². The number of benzene rings is 1. The highest BCUT2D eigenvalue weighted by atomic mass is 127. The van der Waals surface area contributed by atoms with Gasteiger partial charge < -0.3 is 15.4 Å². The Morgan fingerprint density at radius 1 is 1.12 bits per heavy atom. The van der Waals surface area contributed by atoms with E-state index in [1.165, 1.54) is 0 Å². The lowest BCUT2D eigenvalue weighted by Crippen LogP contribution is -2.38. The fourth-order valence-corrected chi connectivity index (χ4v) is 2.27. The number of pyridine rings is 1. The number of aliphatic imine (C=N–C) groups is 1. The van der Waals surface area contributed by atoms with E-state index in [1.807, 2.05) is 49.5 Å². The molecule has 5 nitrogen and oxygen atoms in total. The zero-order chi connectivity index (χ0) is 17.0. The van der Waals surface area contributed by atoms with Crippen LogP contribution in [0.4, 0.5) is 0 Å². The topological polar surface area (TPSA) is 58.5 Å². The maximum atomic E-state index is 5.53. The molecule has 2 rings (SSSR count). The summed E-state index contributed by atoms with van der Waals surface area (Å²) in [5, 5.41) is 6.61. The maximum absolute atomic E-state index is 5.53. The highest BCUT2D eigenvalue weighted by Gasteiger charge is 2.00. The summed E-state index contributed by atoms with van der Waals surface area (Å²) in [6.07, 6.45) is 2.69. The molecular formula is C19H27IN4O. The molecule has 25 heavy (non-hydrogen) atoms. The van der Waals surface area contributed by atoms with Gasteiger partial charge in [-0.2, -0.15) is 0 Å². The first kappa shape index (κ1) is 21.2. The van der Waals surface area contributed by atoms with Gasteiger partial charge >= 0.3 is 0 Å². The van der Waals surface area contributed by atoms with Crippen LogP contribution < -0.4 is 15.4 Å². The van der Waals surface area contributed by atoms with Crippen molar-refractivity contribution in [2.24, 2.45) is 4.99 Å². The van der Waals surface area contributed by atoms with Gasteiger partial charge in [-0.15, -0.1) is 24.0 Å². The van der Waals surface area contributed by atoms with E-state index in [0.29, 0.717) is 13.2 Å². The molecule has 1 aromatic heterocycles. The van der Waals surface area contributed by atoms with Gasteiger partial charge in [-0.1, -0.05) is 18.2 Å². The fraction of sp³-hybridized carbons (Fsp3) is 0.368. The lowest BCUT2D eigenvalue weighted by Gasteiger charge is -2.11. The van der Waals surface area contributed by atoms with Gasteiger partial charge in [0.1, 0.15) is 5.75 Å². The third-order valence-corrected chi connectivity index (χ3v) is 3.37. The molecule has 2 aromatic rings. The number of ether oxygens (including phenoxy) is 1.